The van der Waals surface area contributed by atoms with E-state index in [9.17, 15) is 24.0 Å². The number of hydrogen-bond acceptors (Lipinski definition) is 9. The lowest BCUT2D eigenvalue weighted by atomic mass is 9.89. The summed E-state index contributed by atoms with van der Waals surface area (Å²) in [7, 11) is 8.06. The van der Waals surface area contributed by atoms with Crippen molar-refractivity contribution in [3.63, 3.8) is 0 Å². The second-order valence-corrected chi connectivity index (χ2v) is 12.9. The van der Waals surface area contributed by atoms with Crippen LogP contribution in [0.15, 0.2) is 60.7 Å². The average Bonchev–Trinajstić information content (AvgIpc) is 3.52. The highest BCUT2D eigenvalue weighted by Gasteiger charge is 2.32. The van der Waals surface area contributed by atoms with Crippen LogP contribution in [0.25, 0.3) is 21.8 Å². The molecule has 3 N–H and O–H groups in total. The Bertz CT molecular complexity index is 1890. The van der Waals surface area contributed by atoms with Gasteiger partial charge in [-0.25, -0.2) is 4.98 Å². The van der Waals surface area contributed by atoms with Crippen LogP contribution in [-0.4, -0.2) is 98.3 Å². The van der Waals surface area contributed by atoms with E-state index in [4.69, 9.17) is 10.7 Å². The molecule has 1 aromatic heterocycles. The Morgan fingerprint density at radius 1 is 0.898 bits per heavy atom. The minimum absolute atomic E-state index is 0.0936. The fourth-order valence-electron chi connectivity index (χ4n) is 5.67. The molecule has 0 saturated heterocycles. The Morgan fingerprint density at radius 3 is 2.18 bits per heavy atom. The lowest BCUT2D eigenvalue weighted by Crippen LogP contribution is -2.34. The molecule has 3 aliphatic rings. The predicted molar refractivity (Wildman–Crippen MR) is 194 cm³/mol. The predicted octanol–water partition coefficient (Wildman–Crippen LogP) is 4.49. The number of Topliss-reactive ketones (excluding diaryl/α,β-unsaturated/α-hetero) is 3. The number of para-hydroxylation sites is 2. The molecule has 3 heterocycles. The largest absolute Gasteiger partial charge is 0.329 e. The van der Waals surface area contributed by atoms with Crippen molar-refractivity contribution in [2.24, 2.45) is 11.7 Å². The Hall–Kier alpha value is -4.84. The Morgan fingerprint density at radius 2 is 1.57 bits per heavy atom. The van der Waals surface area contributed by atoms with Crippen molar-refractivity contribution in [2.45, 2.75) is 33.1 Å². The van der Waals surface area contributed by atoms with Gasteiger partial charge in [-0.1, -0.05) is 43.3 Å². The van der Waals surface area contributed by atoms with E-state index < -0.39 is 11.7 Å². The van der Waals surface area contributed by atoms with Crippen LogP contribution < -0.4 is 16.0 Å². The fourth-order valence-corrected chi connectivity index (χ4v) is 5.67. The Kier molecular flexibility index (Phi) is 12.5. The van der Waals surface area contributed by atoms with Crippen molar-refractivity contribution in [2.75, 3.05) is 64.6 Å². The van der Waals surface area contributed by atoms with Crippen LogP contribution in [-0.2, 0) is 14.4 Å². The molecule has 1 saturated carbocycles. The van der Waals surface area contributed by atoms with Crippen molar-refractivity contribution in [1.29, 1.82) is 0 Å². The fraction of sp³-hybridized carbons (Fsp3) is 0.368. The molecule has 1 unspecified atom stereocenters. The third-order valence-electron chi connectivity index (χ3n) is 8.51. The third kappa shape index (κ3) is 8.80. The van der Waals surface area contributed by atoms with Gasteiger partial charge in [-0.15, -0.1) is 0 Å². The van der Waals surface area contributed by atoms with Gasteiger partial charge in [0.25, 0.3) is 17.6 Å². The molecule has 0 radical (unpaired) electrons. The topological polar surface area (TPSA) is 146 Å². The van der Waals surface area contributed by atoms with Crippen LogP contribution in [0, 0.1) is 12.8 Å². The number of likely N-dealkylation sites (N-methyl/N-ethyl adjacent to an activating group) is 2. The molecule has 11 heteroatoms. The number of hydrogen-bond donors (Lipinski definition) is 2. The zero-order valence-corrected chi connectivity index (χ0v) is 29.2. The summed E-state index contributed by atoms with van der Waals surface area (Å²) in [6.07, 6.45) is 1.55. The highest BCUT2D eigenvalue weighted by Crippen LogP contribution is 2.41. The summed E-state index contributed by atoms with van der Waals surface area (Å²) in [6.45, 7) is 7.20. The van der Waals surface area contributed by atoms with Gasteiger partial charge in [-0.05, 0) is 71.4 Å². The van der Waals surface area contributed by atoms with Gasteiger partial charge in [0.05, 0.1) is 40.0 Å². The van der Waals surface area contributed by atoms with Crippen LogP contribution >= 0.6 is 0 Å². The van der Waals surface area contributed by atoms with Crippen molar-refractivity contribution in [1.82, 2.24) is 14.8 Å². The quantitative estimate of drug-likeness (QED) is 0.179. The number of carbonyl (C=O) groups is 5. The first-order chi connectivity index (χ1) is 23.3. The van der Waals surface area contributed by atoms with Crippen LogP contribution in [0.2, 0.25) is 0 Å². The van der Waals surface area contributed by atoms with Crippen molar-refractivity contribution in [3.8, 4) is 0 Å². The SMILES string of the molecule is CC1CCC(=O)CC1=O.CN(C)CCN.Cc1ccc2c3c(c4ccccc4nc13)C(=O)N2CCN(C)C.O=C1Nc2ccccc2C1=O. The third-order valence-corrected chi connectivity index (χ3v) is 8.51. The number of fused-ring (bicyclic) bond motifs is 3. The summed E-state index contributed by atoms with van der Waals surface area (Å²) < 4.78 is 0. The minimum atomic E-state index is -0.536. The summed E-state index contributed by atoms with van der Waals surface area (Å²) in [4.78, 5) is 67.1. The number of nitrogens with two attached hydrogens (primary N) is 1. The van der Waals surface area contributed by atoms with Crippen LogP contribution in [0.4, 0.5) is 11.4 Å². The molecule has 0 spiro atoms. The minimum Gasteiger partial charge on any atom is -0.329 e. The van der Waals surface area contributed by atoms with Crippen molar-refractivity contribution < 1.29 is 24.0 Å². The highest BCUT2D eigenvalue weighted by atomic mass is 16.2. The smallest absolute Gasteiger partial charge is 0.296 e. The van der Waals surface area contributed by atoms with E-state index in [2.05, 4.69) is 34.2 Å². The van der Waals surface area contributed by atoms with Crippen molar-refractivity contribution >= 4 is 62.3 Å². The van der Waals surface area contributed by atoms with Gasteiger partial charge >= 0.3 is 0 Å². The average molecular weight is 667 g/mol. The number of pyridine rings is 1. The normalized spacial score (nSPS) is 16.2. The van der Waals surface area contributed by atoms with Crippen molar-refractivity contribution in [3.05, 3.63) is 77.4 Å². The first kappa shape index (κ1) is 37.0. The number of anilines is 2. The number of nitrogens with one attached hydrogen (secondary N) is 1. The first-order valence-corrected chi connectivity index (χ1v) is 16.5. The molecule has 49 heavy (non-hydrogen) atoms. The van der Waals surface area contributed by atoms with Gasteiger partial charge in [-0.2, -0.15) is 0 Å². The zero-order valence-electron chi connectivity index (χ0n) is 29.2. The molecule has 0 bridgehead atoms. The maximum atomic E-state index is 13.1. The highest BCUT2D eigenvalue weighted by molar-refractivity contribution is 6.51. The van der Waals surface area contributed by atoms with E-state index in [-0.39, 0.29) is 29.8 Å². The number of aromatic nitrogens is 1. The van der Waals surface area contributed by atoms with Crippen LogP contribution in [0.1, 0.15) is 52.5 Å². The van der Waals surface area contributed by atoms with E-state index in [1.165, 1.54) is 0 Å². The van der Waals surface area contributed by atoms with E-state index in [1.807, 2.05) is 64.3 Å². The summed E-state index contributed by atoms with van der Waals surface area (Å²) >= 11 is 0. The van der Waals surface area contributed by atoms with Crippen LogP contribution in [0.5, 0.6) is 0 Å². The molecule has 3 aromatic carbocycles. The number of ketones is 3. The number of amides is 2. The van der Waals surface area contributed by atoms with E-state index >= 15 is 0 Å². The molecule has 1 aliphatic carbocycles. The Labute approximate surface area is 287 Å². The van der Waals surface area contributed by atoms with Gasteiger partial charge in [-0.3, -0.25) is 24.0 Å². The van der Waals surface area contributed by atoms with E-state index in [1.54, 1.807) is 24.3 Å². The maximum absolute atomic E-state index is 13.1. The number of rotatable bonds is 5. The number of nitrogens with zero attached hydrogens (tertiary/aromatic N) is 4. The molecular weight excluding hydrogens is 620 g/mol. The van der Waals surface area contributed by atoms with Gasteiger partial charge in [0.1, 0.15) is 11.6 Å². The molecule has 1 fully saturated rings. The summed E-state index contributed by atoms with van der Waals surface area (Å²) in [5, 5.41) is 4.41. The van der Waals surface area contributed by atoms with Gasteiger partial charge in [0.15, 0.2) is 0 Å². The lowest BCUT2D eigenvalue weighted by Gasteiger charge is -2.20. The molecular formula is C38H46N6O5. The second kappa shape index (κ2) is 16.5. The number of benzene rings is 3. The molecule has 11 nitrogen and oxygen atoms in total. The van der Waals surface area contributed by atoms with Gasteiger partial charge < -0.3 is 25.8 Å². The standard InChI is InChI=1S/C19H19N3O.C8H5NO2.C7H10O2.C4H12N2/c1-12-8-9-15-17-16(19(23)22(15)11-10-21(2)3)13-6-4-5-7-14(13)20-18(12)17;10-7-5-3-1-2-4-6(5)9-8(7)11;1-5-2-3-6(8)4-7(5)9;1-6(2)4-3-5/h4-9H,10-11H2,1-3H3;1-4H,(H,9,10,11);5H,2-4H2,1H3;3-5H2,1-2H3. The van der Waals surface area contributed by atoms with Gasteiger partial charge in [0, 0.05) is 49.3 Å². The monoisotopic (exact) mass is 666 g/mol. The summed E-state index contributed by atoms with van der Waals surface area (Å²) in [5.41, 5.74) is 11.0. The maximum Gasteiger partial charge on any atom is 0.296 e. The molecule has 2 aliphatic heterocycles. The van der Waals surface area contributed by atoms with E-state index in [0.717, 1.165) is 64.7 Å². The number of aryl methyl sites for hydroxylation is 1. The van der Waals surface area contributed by atoms with Crippen LogP contribution in [0.3, 0.4) is 0 Å². The molecule has 4 aromatic rings. The first-order valence-electron chi connectivity index (χ1n) is 16.5. The zero-order chi connectivity index (χ0) is 35.8. The molecule has 258 valence electrons. The van der Waals surface area contributed by atoms with E-state index in [0.29, 0.717) is 24.2 Å². The molecule has 1 atom stereocenters. The summed E-state index contributed by atoms with van der Waals surface area (Å²) in [5.74, 6) is -0.532. The molecule has 2 amide bonds. The number of carbonyl (C=O) groups excluding carboxylic acids is 5. The Balaban J connectivity index is 0.000000172. The van der Waals surface area contributed by atoms with Gasteiger partial charge in [0.2, 0.25) is 0 Å². The summed E-state index contributed by atoms with van der Waals surface area (Å²) in [6, 6.07) is 18.9. The lowest BCUT2D eigenvalue weighted by molar-refractivity contribution is -0.132. The second-order valence-electron chi connectivity index (χ2n) is 12.9. The molecule has 7 rings (SSSR count).